The van der Waals surface area contributed by atoms with Crippen molar-refractivity contribution in [3.05, 3.63) is 60.4 Å². The van der Waals surface area contributed by atoms with E-state index in [0.29, 0.717) is 13.0 Å². The molecule has 106 valence electrons. The Morgan fingerprint density at radius 1 is 1.20 bits per heavy atom. The maximum absolute atomic E-state index is 11.9. The van der Waals surface area contributed by atoms with Crippen LogP contribution >= 0.6 is 0 Å². The van der Waals surface area contributed by atoms with E-state index in [1.54, 1.807) is 0 Å². The Kier molecular flexibility index (Phi) is 4.96. The second-order valence-electron chi connectivity index (χ2n) is 4.81. The highest BCUT2D eigenvalue weighted by Gasteiger charge is 2.14. The van der Waals surface area contributed by atoms with Gasteiger partial charge in [-0.1, -0.05) is 30.3 Å². The third-order valence-corrected chi connectivity index (χ3v) is 3.36. The molecule has 2 N–H and O–H groups in total. The van der Waals surface area contributed by atoms with E-state index in [1.165, 1.54) is 0 Å². The number of hydrogen-bond donors (Lipinski definition) is 2. The van der Waals surface area contributed by atoms with Crippen molar-refractivity contribution in [2.24, 2.45) is 0 Å². The van der Waals surface area contributed by atoms with Gasteiger partial charge in [-0.25, -0.2) is 0 Å². The number of hydrogen-bond acceptors (Lipinski definition) is 2. The summed E-state index contributed by atoms with van der Waals surface area (Å²) in [4.78, 5) is 11.9. The van der Waals surface area contributed by atoms with E-state index in [4.69, 9.17) is 0 Å². The van der Waals surface area contributed by atoms with Gasteiger partial charge in [0, 0.05) is 18.9 Å². The lowest BCUT2D eigenvalue weighted by Gasteiger charge is -2.15. The van der Waals surface area contributed by atoms with Crippen LogP contribution in [0.4, 0.5) is 0 Å². The Hall–Kier alpha value is -2.07. The summed E-state index contributed by atoms with van der Waals surface area (Å²) in [6.45, 7) is 2.31. The van der Waals surface area contributed by atoms with Crippen LogP contribution in [0.2, 0.25) is 0 Å². The van der Waals surface area contributed by atoms with Crippen LogP contribution in [-0.2, 0) is 4.79 Å². The van der Waals surface area contributed by atoms with Crippen molar-refractivity contribution >= 4 is 5.91 Å². The normalized spacial score (nSPS) is 13.7. The van der Waals surface area contributed by atoms with Crippen LogP contribution in [0.5, 0.6) is 0 Å². The Bertz CT molecular complexity index is 523. The Morgan fingerprint density at radius 2 is 1.85 bits per heavy atom. The summed E-state index contributed by atoms with van der Waals surface area (Å²) in [5, 5.41) is 12.9. The topological polar surface area (TPSA) is 54.3 Å². The maximum Gasteiger partial charge on any atom is 0.242 e. The van der Waals surface area contributed by atoms with Crippen LogP contribution in [0.15, 0.2) is 54.9 Å². The molecule has 0 saturated carbocycles. The van der Waals surface area contributed by atoms with E-state index in [-0.39, 0.29) is 11.9 Å². The minimum Gasteiger partial charge on any atom is -0.388 e. The first-order valence-corrected chi connectivity index (χ1v) is 6.81. The number of amides is 1. The van der Waals surface area contributed by atoms with Crippen LogP contribution in [0.3, 0.4) is 0 Å². The van der Waals surface area contributed by atoms with Crippen molar-refractivity contribution in [1.29, 1.82) is 0 Å². The molecule has 0 bridgehead atoms. The fourth-order valence-electron chi connectivity index (χ4n) is 2.06. The van der Waals surface area contributed by atoms with Gasteiger partial charge in [-0.3, -0.25) is 4.79 Å². The number of carbonyl (C=O) groups excluding carboxylic acids is 1. The molecule has 1 aromatic heterocycles. The highest BCUT2D eigenvalue weighted by Crippen LogP contribution is 2.15. The van der Waals surface area contributed by atoms with Crippen LogP contribution in [0.25, 0.3) is 0 Å². The molecule has 0 saturated heterocycles. The molecule has 0 aliphatic rings. The van der Waals surface area contributed by atoms with Gasteiger partial charge in [-0.05, 0) is 31.0 Å². The second-order valence-corrected chi connectivity index (χ2v) is 4.81. The molecular formula is C16H20N2O2. The molecule has 2 aromatic rings. The van der Waals surface area contributed by atoms with Gasteiger partial charge in [0.05, 0.1) is 6.10 Å². The molecular weight excluding hydrogens is 252 g/mol. The van der Waals surface area contributed by atoms with Crippen LogP contribution in [-0.4, -0.2) is 22.1 Å². The van der Waals surface area contributed by atoms with Gasteiger partial charge < -0.3 is 15.0 Å². The highest BCUT2D eigenvalue weighted by molar-refractivity contribution is 5.79. The van der Waals surface area contributed by atoms with Crippen LogP contribution in [0, 0.1) is 0 Å². The average molecular weight is 272 g/mol. The predicted octanol–water partition coefficient (Wildman–Crippen LogP) is 2.29. The molecule has 2 rings (SSSR count). The number of aliphatic hydroxyl groups excluding tert-OH is 1. The first kappa shape index (κ1) is 14.3. The van der Waals surface area contributed by atoms with Crippen LogP contribution in [0.1, 0.15) is 31.1 Å². The molecule has 0 spiro atoms. The third kappa shape index (κ3) is 3.71. The minimum absolute atomic E-state index is 0.0403. The molecule has 2 unspecified atom stereocenters. The minimum atomic E-state index is -0.543. The van der Waals surface area contributed by atoms with E-state index in [9.17, 15) is 9.90 Å². The third-order valence-electron chi connectivity index (χ3n) is 3.36. The summed E-state index contributed by atoms with van der Waals surface area (Å²) < 4.78 is 1.85. The van der Waals surface area contributed by atoms with Crippen molar-refractivity contribution in [3.8, 4) is 0 Å². The molecule has 20 heavy (non-hydrogen) atoms. The molecule has 1 heterocycles. The average Bonchev–Trinajstić information content (AvgIpc) is 3.01. The Labute approximate surface area is 119 Å². The quantitative estimate of drug-likeness (QED) is 0.847. The van der Waals surface area contributed by atoms with Crippen molar-refractivity contribution < 1.29 is 9.90 Å². The fraction of sp³-hybridized carbons (Fsp3) is 0.312. The summed E-state index contributed by atoms with van der Waals surface area (Å²) in [5.41, 5.74) is 0.875. The van der Waals surface area contributed by atoms with E-state index in [0.717, 1.165) is 5.56 Å². The molecule has 0 radical (unpaired) electrons. The van der Waals surface area contributed by atoms with Gasteiger partial charge >= 0.3 is 0 Å². The van der Waals surface area contributed by atoms with Gasteiger partial charge in [0.25, 0.3) is 0 Å². The maximum atomic E-state index is 11.9. The zero-order valence-electron chi connectivity index (χ0n) is 11.6. The molecule has 0 aliphatic carbocycles. The van der Waals surface area contributed by atoms with Crippen molar-refractivity contribution in [3.63, 3.8) is 0 Å². The number of benzene rings is 1. The van der Waals surface area contributed by atoms with Gasteiger partial charge in [0.15, 0.2) is 0 Å². The lowest BCUT2D eigenvalue weighted by molar-refractivity contribution is -0.123. The zero-order chi connectivity index (χ0) is 14.4. The summed E-state index contributed by atoms with van der Waals surface area (Å²) in [7, 11) is 0. The van der Waals surface area contributed by atoms with E-state index >= 15 is 0 Å². The summed E-state index contributed by atoms with van der Waals surface area (Å²) >= 11 is 0. The van der Waals surface area contributed by atoms with Crippen molar-refractivity contribution in [2.75, 3.05) is 6.54 Å². The van der Waals surface area contributed by atoms with E-state index in [1.807, 2.05) is 66.3 Å². The number of nitrogens with zero attached hydrogens (tertiary/aromatic N) is 1. The highest BCUT2D eigenvalue weighted by atomic mass is 16.3. The lowest BCUT2D eigenvalue weighted by Crippen LogP contribution is -2.31. The van der Waals surface area contributed by atoms with E-state index in [2.05, 4.69) is 5.32 Å². The SMILES string of the molecule is CC(C(=O)NCCC(O)c1ccccc1)n1cccc1. The standard InChI is InChI=1S/C16H20N2O2/c1-13(18-11-5-6-12-18)16(20)17-10-9-15(19)14-7-3-2-4-8-14/h2-8,11-13,15,19H,9-10H2,1H3,(H,17,20). The summed E-state index contributed by atoms with van der Waals surface area (Å²) in [6.07, 6.45) is 3.69. The lowest BCUT2D eigenvalue weighted by atomic mass is 10.1. The first-order chi connectivity index (χ1) is 9.68. The molecule has 0 fully saturated rings. The van der Waals surface area contributed by atoms with Gasteiger partial charge in [-0.2, -0.15) is 0 Å². The number of nitrogens with one attached hydrogen (secondary N) is 1. The Morgan fingerprint density at radius 3 is 2.50 bits per heavy atom. The van der Waals surface area contributed by atoms with E-state index < -0.39 is 6.10 Å². The zero-order valence-corrected chi connectivity index (χ0v) is 11.6. The van der Waals surface area contributed by atoms with Crippen molar-refractivity contribution in [2.45, 2.75) is 25.5 Å². The van der Waals surface area contributed by atoms with Gasteiger partial charge in [0.1, 0.15) is 6.04 Å². The number of carbonyl (C=O) groups is 1. The smallest absolute Gasteiger partial charge is 0.242 e. The number of aromatic nitrogens is 1. The molecule has 1 aromatic carbocycles. The first-order valence-electron chi connectivity index (χ1n) is 6.81. The molecule has 4 heteroatoms. The van der Waals surface area contributed by atoms with Crippen LogP contribution < -0.4 is 5.32 Å². The van der Waals surface area contributed by atoms with Crippen molar-refractivity contribution in [1.82, 2.24) is 9.88 Å². The fourth-order valence-corrected chi connectivity index (χ4v) is 2.06. The number of rotatable bonds is 6. The monoisotopic (exact) mass is 272 g/mol. The predicted molar refractivity (Wildman–Crippen MR) is 78.2 cm³/mol. The van der Waals surface area contributed by atoms with Gasteiger partial charge in [-0.15, -0.1) is 0 Å². The largest absolute Gasteiger partial charge is 0.388 e. The Balaban J connectivity index is 1.77. The van der Waals surface area contributed by atoms with Gasteiger partial charge in [0.2, 0.25) is 5.91 Å². The second kappa shape index (κ2) is 6.91. The summed E-state index contributed by atoms with van der Waals surface area (Å²) in [6, 6.07) is 13.0. The molecule has 2 atom stereocenters. The number of aliphatic hydroxyl groups is 1. The molecule has 4 nitrogen and oxygen atoms in total. The summed E-state index contributed by atoms with van der Waals surface area (Å²) in [5.74, 6) is -0.0403. The molecule has 1 amide bonds. The molecule has 0 aliphatic heterocycles.